The summed E-state index contributed by atoms with van der Waals surface area (Å²) < 4.78 is 5.16. The molecule has 0 radical (unpaired) electrons. The summed E-state index contributed by atoms with van der Waals surface area (Å²) in [5.74, 6) is 1.21. The lowest BCUT2D eigenvalue weighted by Gasteiger charge is -2.09. The second-order valence-corrected chi connectivity index (χ2v) is 6.57. The summed E-state index contributed by atoms with van der Waals surface area (Å²) in [5, 5.41) is 10.7. The number of H-pyrrole nitrogens is 1. The summed E-state index contributed by atoms with van der Waals surface area (Å²) in [7, 11) is 1.63. The van der Waals surface area contributed by atoms with Gasteiger partial charge in [-0.25, -0.2) is 0 Å². The third-order valence-electron chi connectivity index (χ3n) is 4.62. The van der Waals surface area contributed by atoms with E-state index in [0.717, 1.165) is 46.8 Å². The number of nitrogens with one attached hydrogen (secondary N) is 2. The SMILES string of the molecule is COc1ccc(CC(=O)Nc2c(-c3ccccc3)n[nH]c2C2CC2)cc1. The van der Waals surface area contributed by atoms with Crippen molar-refractivity contribution in [3.05, 3.63) is 65.9 Å². The number of methoxy groups -OCH3 is 1. The molecule has 1 aliphatic carbocycles. The van der Waals surface area contributed by atoms with Crippen molar-refractivity contribution >= 4 is 11.6 Å². The molecule has 0 saturated heterocycles. The number of nitrogens with zero attached hydrogens (tertiary/aromatic N) is 1. The fourth-order valence-corrected chi connectivity index (χ4v) is 3.07. The number of aromatic amines is 1. The van der Waals surface area contributed by atoms with Crippen molar-refractivity contribution in [1.82, 2.24) is 10.2 Å². The van der Waals surface area contributed by atoms with Gasteiger partial charge in [-0.15, -0.1) is 0 Å². The Hall–Kier alpha value is -3.08. The van der Waals surface area contributed by atoms with Crippen LogP contribution < -0.4 is 10.1 Å². The van der Waals surface area contributed by atoms with Crippen molar-refractivity contribution in [1.29, 1.82) is 0 Å². The van der Waals surface area contributed by atoms with Crippen LogP contribution in [0, 0.1) is 0 Å². The molecule has 0 aliphatic heterocycles. The van der Waals surface area contributed by atoms with Gasteiger partial charge in [-0.05, 0) is 30.5 Å². The number of carbonyl (C=O) groups is 1. The van der Waals surface area contributed by atoms with Gasteiger partial charge in [-0.3, -0.25) is 9.89 Å². The summed E-state index contributed by atoms with van der Waals surface area (Å²) in [4.78, 5) is 12.6. The van der Waals surface area contributed by atoms with Gasteiger partial charge in [-0.1, -0.05) is 42.5 Å². The summed E-state index contributed by atoms with van der Waals surface area (Å²) in [6, 6.07) is 17.5. The maximum atomic E-state index is 12.6. The lowest BCUT2D eigenvalue weighted by Crippen LogP contribution is -2.15. The fraction of sp³-hybridized carbons (Fsp3) is 0.238. The molecule has 5 heteroatoms. The molecule has 1 amide bonds. The van der Waals surface area contributed by atoms with Gasteiger partial charge in [-0.2, -0.15) is 5.10 Å². The first-order chi connectivity index (χ1) is 12.7. The maximum absolute atomic E-state index is 12.6. The number of rotatable bonds is 6. The van der Waals surface area contributed by atoms with Crippen LogP contribution in [-0.4, -0.2) is 23.2 Å². The molecule has 132 valence electrons. The molecular formula is C21H21N3O2. The van der Waals surface area contributed by atoms with Crippen LogP contribution in [0.4, 0.5) is 5.69 Å². The number of carbonyl (C=O) groups excluding carboxylic acids is 1. The van der Waals surface area contributed by atoms with Gasteiger partial charge >= 0.3 is 0 Å². The molecule has 0 unspecified atom stereocenters. The van der Waals surface area contributed by atoms with Crippen molar-refractivity contribution in [2.24, 2.45) is 0 Å². The number of benzene rings is 2. The van der Waals surface area contributed by atoms with Crippen LogP contribution in [0.25, 0.3) is 11.3 Å². The monoisotopic (exact) mass is 347 g/mol. The quantitative estimate of drug-likeness (QED) is 0.704. The normalized spacial score (nSPS) is 13.4. The predicted molar refractivity (Wildman–Crippen MR) is 101 cm³/mol. The maximum Gasteiger partial charge on any atom is 0.228 e. The van der Waals surface area contributed by atoms with Gasteiger partial charge in [0.05, 0.1) is 24.9 Å². The topological polar surface area (TPSA) is 67.0 Å². The zero-order valence-electron chi connectivity index (χ0n) is 14.7. The minimum absolute atomic E-state index is 0.0457. The van der Waals surface area contributed by atoms with Gasteiger partial charge < -0.3 is 10.1 Å². The van der Waals surface area contributed by atoms with E-state index in [-0.39, 0.29) is 5.91 Å². The van der Waals surface area contributed by atoms with Crippen LogP contribution >= 0.6 is 0 Å². The Morgan fingerprint density at radius 3 is 2.54 bits per heavy atom. The number of hydrogen-bond acceptors (Lipinski definition) is 3. The smallest absolute Gasteiger partial charge is 0.228 e. The van der Waals surface area contributed by atoms with E-state index in [2.05, 4.69) is 15.5 Å². The third kappa shape index (κ3) is 3.47. The Balaban J connectivity index is 1.56. The van der Waals surface area contributed by atoms with Crippen LogP contribution in [0.1, 0.15) is 30.0 Å². The molecule has 1 aromatic heterocycles. The molecule has 5 nitrogen and oxygen atoms in total. The predicted octanol–water partition coefficient (Wildman–Crippen LogP) is 4.14. The number of ether oxygens (including phenoxy) is 1. The molecule has 1 fully saturated rings. The Bertz CT molecular complexity index is 897. The molecule has 0 bridgehead atoms. The second kappa shape index (κ2) is 7.04. The molecule has 1 heterocycles. The molecule has 26 heavy (non-hydrogen) atoms. The Labute approximate surface area is 152 Å². The Morgan fingerprint density at radius 1 is 1.15 bits per heavy atom. The van der Waals surface area contributed by atoms with Gasteiger partial charge in [0.25, 0.3) is 0 Å². The molecule has 4 rings (SSSR count). The first kappa shape index (κ1) is 16.4. The zero-order chi connectivity index (χ0) is 17.9. The standard InChI is InChI=1S/C21H21N3O2/c1-26-17-11-7-14(8-12-17)13-18(25)22-21-19(15-5-3-2-4-6-15)23-24-20(21)16-9-10-16/h2-8,11-12,16H,9-10,13H2,1H3,(H,22,25)(H,23,24). The van der Waals surface area contributed by atoms with E-state index in [9.17, 15) is 4.79 Å². The highest BCUT2D eigenvalue weighted by molar-refractivity contribution is 5.96. The first-order valence-electron chi connectivity index (χ1n) is 8.81. The lowest BCUT2D eigenvalue weighted by molar-refractivity contribution is -0.115. The molecule has 1 saturated carbocycles. The van der Waals surface area contributed by atoms with E-state index in [1.807, 2.05) is 54.6 Å². The minimum atomic E-state index is -0.0457. The van der Waals surface area contributed by atoms with E-state index < -0.39 is 0 Å². The van der Waals surface area contributed by atoms with Crippen LogP contribution in [-0.2, 0) is 11.2 Å². The highest BCUT2D eigenvalue weighted by Gasteiger charge is 2.30. The number of amides is 1. The van der Waals surface area contributed by atoms with E-state index in [1.54, 1.807) is 7.11 Å². The van der Waals surface area contributed by atoms with Crippen LogP contribution in [0.3, 0.4) is 0 Å². The molecule has 2 N–H and O–H groups in total. The molecule has 0 atom stereocenters. The first-order valence-corrected chi connectivity index (χ1v) is 8.81. The van der Waals surface area contributed by atoms with Crippen molar-refractivity contribution in [2.45, 2.75) is 25.2 Å². The Morgan fingerprint density at radius 2 is 1.88 bits per heavy atom. The van der Waals surface area contributed by atoms with Gasteiger partial charge in [0.2, 0.25) is 5.91 Å². The second-order valence-electron chi connectivity index (χ2n) is 6.57. The largest absolute Gasteiger partial charge is 0.497 e. The average molecular weight is 347 g/mol. The molecule has 3 aromatic rings. The summed E-state index contributed by atoms with van der Waals surface area (Å²) in [6.45, 7) is 0. The molecule has 2 aromatic carbocycles. The fourth-order valence-electron chi connectivity index (χ4n) is 3.07. The van der Waals surface area contributed by atoms with Crippen LogP contribution in [0.15, 0.2) is 54.6 Å². The van der Waals surface area contributed by atoms with E-state index in [1.165, 1.54) is 0 Å². The average Bonchev–Trinajstić information content (AvgIpc) is 3.44. The van der Waals surface area contributed by atoms with Crippen LogP contribution in [0.2, 0.25) is 0 Å². The number of aromatic nitrogens is 2. The van der Waals surface area contributed by atoms with Crippen LogP contribution in [0.5, 0.6) is 5.75 Å². The van der Waals surface area contributed by atoms with Crippen molar-refractivity contribution < 1.29 is 9.53 Å². The zero-order valence-corrected chi connectivity index (χ0v) is 14.7. The summed E-state index contributed by atoms with van der Waals surface area (Å²) in [6.07, 6.45) is 2.59. The van der Waals surface area contributed by atoms with E-state index in [0.29, 0.717) is 12.3 Å². The summed E-state index contributed by atoms with van der Waals surface area (Å²) >= 11 is 0. The molecule has 1 aliphatic rings. The third-order valence-corrected chi connectivity index (χ3v) is 4.62. The van der Waals surface area contributed by atoms with Gasteiger partial charge in [0, 0.05) is 11.5 Å². The molecule has 0 spiro atoms. The number of anilines is 1. The molecular weight excluding hydrogens is 326 g/mol. The van der Waals surface area contributed by atoms with Gasteiger partial charge in [0.15, 0.2) is 0 Å². The Kier molecular flexibility index (Phi) is 4.44. The highest BCUT2D eigenvalue weighted by Crippen LogP contribution is 2.45. The number of hydrogen-bond donors (Lipinski definition) is 2. The van der Waals surface area contributed by atoms with Gasteiger partial charge in [0.1, 0.15) is 11.4 Å². The van der Waals surface area contributed by atoms with Crippen molar-refractivity contribution in [3.8, 4) is 17.0 Å². The van der Waals surface area contributed by atoms with Crippen molar-refractivity contribution in [3.63, 3.8) is 0 Å². The minimum Gasteiger partial charge on any atom is -0.497 e. The van der Waals surface area contributed by atoms with E-state index >= 15 is 0 Å². The lowest BCUT2D eigenvalue weighted by atomic mass is 10.1. The van der Waals surface area contributed by atoms with E-state index in [4.69, 9.17) is 4.74 Å². The van der Waals surface area contributed by atoms with Crippen molar-refractivity contribution in [2.75, 3.05) is 12.4 Å². The summed E-state index contributed by atoms with van der Waals surface area (Å²) in [5.41, 5.74) is 4.59. The highest BCUT2D eigenvalue weighted by atomic mass is 16.5.